The van der Waals surface area contributed by atoms with Gasteiger partial charge >= 0.3 is 5.82 Å². The largest absolute Gasteiger partial charge is 0.347 e. The average molecular weight is 237 g/mol. The van der Waals surface area contributed by atoms with E-state index in [0.29, 0.717) is 0 Å². The number of aromatic amines is 1. The van der Waals surface area contributed by atoms with E-state index in [1.807, 2.05) is 39.8 Å². The van der Waals surface area contributed by atoms with Crippen LogP contribution in [0.25, 0.3) is 22.5 Å². The molecule has 0 aromatic carbocycles. The van der Waals surface area contributed by atoms with Gasteiger partial charge in [-0.15, -0.1) is 0 Å². The molecule has 0 spiro atoms. The molecule has 0 unspecified atom stereocenters. The summed E-state index contributed by atoms with van der Waals surface area (Å²) >= 11 is 0. The fourth-order valence-corrected chi connectivity index (χ4v) is 1.98. The van der Waals surface area contributed by atoms with E-state index in [1.54, 1.807) is 18.7 Å². The molecule has 86 valence electrons. The lowest BCUT2D eigenvalue weighted by Gasteiger charge is -1.91. The molecule has 0 bridgehead atoms. The van der Waals surface area contributed by atoms with Crippen LogP contribution in [0.3, 0.4) is 0 Å². The number of hydrogen-bond donors (Lipinski definition) is 1. The number of imidazole rings is 2. The van der Waals surface area contributed by atoms with Crippen molar-refractivity contribution in [3.05, 3.63) is 49.6 Å². The van der Waals surface area contributed by atoms with Crippen LogP contribution >= 0.6 is 0 Å². The van der Waals surface area contributed by atoms with Crippen LogP contribution in [0.5, 0.6) is 0 Å². The zero-order valence-electron chi connectivity index (χ0n) is 9.35. The van der Waals surface area contributed by atoms with Gasteiger partial charge in [0, 0.05) is 18.5 Å². The Hall–Kier alpha value is -2.76. The molecule has 0 aliphatic carbocycles. The first-order chi connectivity index (χ1) is 8.90. The van der Waals surface area contributed by atoms with Crippen LogP contribution in [0.4, 0.5) is 0 Å². The maximum Gasteiger partial charge on any atom is 0.347 e. The lowest BCUT2D eigenvalue weighted by molar-refractivity contribution is -0.597. The molecule has 18 heavy (non-hydrogen) atoms. The summed E-state index contributed by atoms with van der Waals surface area (Å²) < 4.78 is 3.89. The summed E-state index contributed by atoms with van der Waals surface area (Å²) in [6.07, 6.45) is 12.9. The van der Waals surface area contributed by atoms with Crippen molar-refractivity contribution in [2.75, 3.05) is 0 Å². The molecule has 4 aromatic heterocycles. The highest BCUT2D eigenvalue weighted by atomic mass is 15.1. The summed E-state index contributed by atoms with van der Waals surface area (Å²) in [4.78, 5) is 15.8. The minimum Gasteiger partial charge on any atom is -0.342 e. The molecule has 0 saturated heterocycles. The first-order valence-electron chi connectivity index (χ1n) is 5.54. The molecule has 6 heteroatoms. The normalized spacial score (nSPS) is 11.3. The van der Waals surface area contributed by atoms with Crippen LogP contribution in [-0.2, 0) is 0 Å². The van der Waals surface area contributed by atoms with Crippen LogP contribution in [0, 0.1) is 0 Å². The maximum absolute atomic E-state index is 4.50. The Morgan fingerprint density at radius 3 is 3.28 bits per heavy atom. The molecule has 0 aliphatic heterocycles. The fourth-order valence-electron chi connectivity index (χ4n) is 1.98. The Morgan fingerprint density at radius 1 is 1.33 bits per heavy atom. The third-order valence-corrected chi connectivity index (χ3v) is 2.88. The molecule has 4 rings (SSSR count). The number of nitrogens with one attached hydrogen (secondary N) is 1. The zero-order chi connectivity index (χ0) is 11.9. The van der Waals surface area contributed by atoms with E-state index >= 15 is 0 Å². The molecular formula is C12H9N6+. The van der Waals surface area contributed by atoms with Gasteiger partial charge in [0.2, 0.25) is 0 Å². The van der Waals surface area contributed by atoms with Crippen LogP contribution in [0.15, 0.2) is 49.6 Å². The molecule has 0 atom stereocenters. The van der Waals surface area contributed by atoms with Crippen molar-refractivity contribution in [3.63, 3.8) is 0 Å². The Morgan fingerprint density at radius 2 is 2.33 bits per heavy atom. The highest BCUT2D eigenvalue weighted by molar-refractivity contribution is 5.71. The van der Waals surface area contributed by atoms with E-state index in [0.717, 1.165) is 22.5 Å². The smallest absolute Gasteiger partial charge is 0.342 e. The highest BCUT2D eigenvalue weighted by Crippen LogP contribution is 2.07. The number of fused-ring (bicyclic) bond motifs is 2. The summed E-state index contributed by atoms with van der Waals surface area (Å²) in [5, 5.41) is 0. The van der Waals surface area contributed by atoms with Crippen molar-refractivity contribution < 1.29 is 4.57 Å². The second-order valence-electron chi connectivity index (χ2n) is 3.99. The third-order valence-electron chi connectivity index (χ3n) is 2.88. The second kappa shape index (κ2) is 3.36. The number of rotatable bonds is 1. The van der Waals surface area contributed by atoms with E-state index in [4.69, 9.17) is 0 Å². The first kappa shape index (κ1) is 9.29. The minimum atomic E-state index is 0.824. The number of H-pyrrole nitrogens is 1. The van der Waals surface area contributed by atoms with E-state index in [1.165, 1.54) is 0 Å². The lowest BCUT2D eigenvalue weighted by Crippen LogP contribution is -2.29. The molecule has 0 aliphatic rings. The van der Waals surface area contributed by atoms with Crippen molar-refractivity contribution in [3.8, 4) is 5.82 Å². The molecule has 6 nitrogen and oxygen atoms in total. The Labute approximate surface area is 102 Å². The first-order valence-corrected chi connectivity index (χ1v) is 5.54. The van der Waals surface area contributed by atoms with Gasteiger partial charge in [0.05, 0.1) is 24.2 Å². The van der Waals surface area contributed by atoms with E-state index in [2.05, 4.69) is 19.9 Å². The standard InChI is InChI=1S/C12H8N6/c1-3-17(6-10-9(1)14-8-15-10)12-7-18-4-2-13-5-11(18)16-12/h1-8H/p+1. The van der Waals surface area contributed by atoms with Crippen molar-refractivity contribution in [2.24, 2.45) is 0 Å². The molecule has 4 aromatic rings. The molecule has 0 amide bonds. The van der Waals surface area contributed by atoms with Gasteiger partial charge in [-0.25, -0.2) is 4.98 Å². The molecule has 0 fully saturated rings. The van der Waals surface area contributed by atoms with Crippen molar-refractivity contribution in [1.82, 2.24) is 24.3 Å². The molecule has 0 radical (unpaired) electrons. The fraction of sp³-hybridized carbons (Fsp3) is 0. The lowest BCUT2D eigenvalue weighted by atomic mass is 10.4. The summed E-state index contributed by atoms with van der Waals surface area (Å²) in [5.74, 6) is 0.847. The summed E-state index contributed by atoms with van der Waals surface area (Å²) in [5.41, 5.74) is 2.74. The van der Waals surface area contributed by atoms with Gasteiger partial charge in [-0.05, 0) is 4.98 Å². The van der Waals surface area contributed by atoms with Gasteiger partial charge in [-0.3, -0.25) is 9.38 Å². The van der Waals surface area contributed by atoms with Gasteiger partial charge < -0.3 is 4.98 Å². The monoisotopic (exact) mass is 237 g/mol. The predicted molar refractivity (Wildman–Crippen MR) is 64.2 cm³/mol. The summed E-state index contributed by atoms with van der Waals surface area (Å²) in [6.45, 7) is 0. The quantitative estimate of drug-likeness (QED) is 0.500. The van der Waals surface area contributed by atoms with Crippen molar-refractivity contribution >= 4 is 16.7 Å². The predicted octanol–water partition coefficient (Wildman–Crippen LogP) is 0.882. The van der Waals surface area contributed by atoms with E-state index in [-0.39, 0.29) is 0 Å². The second-order valence-corrected chi connectivity index (χ2v) is 3.99. The van der Waals surface area contributed by atoms with E-state index < -0.39 is 0 Å². The van der Waals surface area contributed by atoms with Gasteiger partial charge in [0.15, 0.2) is 0 Å². The minimum absolute atomic E-state index is 0.824. The Bertz CT molecular complexity index is 811. The van der Waals surface area contributed by atoms with Crippen molar-refractivity contribution in [2.45, 2.75) is 0 Å². The van der Waals surface area contributed by atoms with Crippen LogP contribution in [-0.4, -0.2) is 24.3 Å². The van der Waals surface area contributed by atoms with Gasteiger partial charge in [-0.1, -0.05) is 0 Å². The Balaban J connectivity index is 1.94. The number of hydrogen-bond acceptors (Lipinski definition) is 3. The number of aromatic nitrogens is 6. The highest BCUT2D eigenvalue weighted by Gasteiger charge is 2.13. The topological polar surface area (TPSA) is 62.8 Å². The maximum atomic E-state index is 4.50. The number of nitrogens with zero attached hydrogens (tertiary/aromatic N) is 5. The van der Waals surface area contributed by atoms with E-state index in [9.17, 15) is 0 Å². The van der Waals surface area contributed by atoms with Crippen LogP contribution < -0.4 is 4.57 Å². The van der Waals surface area contributed by atoms with Gasteiger partial charge in [0.1, 0.15) is 17.9 Å². The summed E-state index contributed by atoms with van der Waals surface area (Å²) in [7, 11) is 0. The molecule has 1 N–H and O–H groups in total. The molecule has 4 heterocycles. The SMILES string of the molecule is c1cn2cc(-[n+]3ccc4nc[nH]c4c3)nc2cn1. The van der Waals surface area contributed by atoms with Gasteiger partial charge in [0.25, 0.3) is 5.65 Å². The molecular weight excluding hydrogens is 228 g/mol. The Kier molecular flexibility index (Phi) is 1.74. The zero-order valence-corrected chi connectivity index (χ0v) is 9.35. The van der Waals surface area contributed by atoms with Gasteiger partial charge in [-0.2, -0.15) is 4.57 Å². The average Bonchev–Trinajstić information content (AvgIpc) is 3.04. The van der Waals surface area contributed by atoms with Crippen LogP contribution in [0.1, 0.15) is 0 Å². The van der Waals surface area contributed by atoms with Crippen molar-refractivity contribution in [1.29, 1.82) is 0 Å². The van der Waals surface area contributed by atoms with Crippen LogP contribution in [0.2, 0.25) is 0 Å². The third kappa shape index (κ3) is 1.29. The number of pyridine rings is 1. The summed E-state index contributed by atoms with van der Waals surface area (Å²) in [6, 6.07) is 1.95. The molecule has 0 saturated carbocycles.